The molecule has 0 unspecified atom stereocenters. The summed E-state index contributed by atoms with van der Waals surface area (Å²) in [6.07, 6.45) is 1.61. The summed E-state index contributed by atoms with van der Waals surface area (Å²) in [4.78, 5) is 12.9. The van der Waals surface area contributed by atoms with E-state index in [9.17, 15) is 12.8 Å². The summed E-state index contributed by atoms with van der Waals surface area (Å²) in [5.74, 6) is 1.12. The van der Waals surface area contributed by atoms with E-state index in [1.165, 1.54) is 7.11 Å². The first-order chi connectivity index (χ1) is 16.2. The zero-order chi connectivity index (χ0) is 24.0. The number of rotatable bonds is 4. The van der Waals surface area contributed by atoms with Crippen molar-refractivity contribution in [2.45, 2.75) is 25.4 Å². The van der Waals surface area contributed by atoms with Gasteiger partial charge >= 0.3 is 6.01 Å². The highest BCUT2D eigenvalue weighted by atomic mass is 32.2. The monoisotopic (exact) mass is 488 g/mol. The van der Waals surface area contributed by atoms with Crippen molar-refractivity contribution in [3.8, 4) is 11.8 Å². The molecule has 2 fully saturated rings. The molecule has 2 atom stereocenters. The maximum atomic E-state index is 15.0. The number of piperidine rings is 1. The molecular weight excluding hydrogens is 459 g/mol. The largest absolute Gasteiger partial charge is 0.467 e. The van der Waals surface area contributed by atoms with Crippen molar-refractivity contribution in [1.82, 2.24) is 24.6 Å². The molecule has 3 aromatic rings. The van der Waals surface area contributed by atoms with Crippen molar-refractivity contribution in [2.24, 2.45) is 0 Å². The Morgan fingerprint density at radius 3 is 2.53 bits per heavy atom. The Morgan fingerprint density at radius 2 is 1.82 bits per heavy atom. The van der Waals surface area contributed by atoms with Crippen LogP contribution in [0, 0.1) is 6.92 Å². The van der Waals surface area contributed by atoms with E-state index in [-0.39, 0.29) is 23.4 Å². The SMILES string of the molecule is COc1nc(N2CCS(=O)(=O)CC2)cc(-n2ncc3cc(C)c([C@H]4CCN(C)C[C@H]4F)cc32)n1. The number of methoxy groups -OCH3 is 1. The first-order valence-corrected chi connectivity index (χ1v) is 13.3. The molecule has 2 aliphatic heterocycles. The van der Waals surface area contributed by atoms with Crippen LogP contribution in [0.25, 0.3) is 16.7 Å². The number of fused-ring (bicyclic) bond motifs is 1. The zero-order valence-electron chi connectivity index (χ0n) is 19.6. The first-order valence-electron chi connectivity index (χ1n) is 11.4. The maximum Gasteiger partial charge on any atom is 0.320 e. The number of sulfone groups is 1. The van der Waals surface area contributed by atoms with Crippen LogP contribution >= 0.6 is 0 Å². The average Bonchev–Trinajstić information content (AvgIpc) is 3.21. The number of hydrogen-bond donors (Lipinski definition) is 0. The van der Waals surface area contributed by atoms with Crippen LogP contribution in [0.15, 0.2) is 24.4 Å². The van der Waals surface area contributed by atoms with Crippen LogP contribution in [0.1, 0.15) is 23.5 Å². The van der Waals surface area contributed by atoms with Gasteiger partial charge in [0, 0.05) is 37.0 Å². The second-order valence-corrected chi connectivity index (χ2v) is 11.5. The van der Waals surface area contributed by atoms with Crippen LogP contribution in [0.2, 0.25) is 0 Å². The van der Waals surface area contributed by atoms with Crippen molar-refractivity contribution in [3.05, 3.63) is 35.5 Å². The molecule has 34 heavy (non-hydrogen) atoms. The molecule has 2 aliphatic rings. The van der Waals surface area contributed by atoms with E-state index in [0.29, 0.717) is 31.3 Å². The number of benzene rings is 1. The third-order valence-corrected chi connectivity index (χ3v) is 8.46. The van der Waals surface area contributed by atoms with Gasteiger partial charge in [0.25, 0.3) is 0 Å². The predicted molar refractivity (Wildman–Crippen MR) is 129 cm³/mol. The number of halogens is 1. The molecule has 182 valence electrons. The smallest absolute Gasteiger partial charge is 0.320 e. The van der Waals surface area contributed by atoms with E-state index in [0.717, 1.165) is 35.0 Å². The Bertz CT molecular complexity index is 1310. The quantitative estimate of drug-likeness (QED) is 0.551. The molecule has 0 radical (unpaired) electrons. The van der Waals surface area contributed by atoms with Crippen LogP contribution in [0.4, 0.5) is 10.2 Å². The fourth-order valence-corrected chi connectivity index (χ4v) is 6.10. The fourth-order valence-electron chi connectivity index (χ4n) is 4.90. The van der Waals surface area contributed by atoms with Gasteiger partial charge in [-0.2, -0.15) is 15.1 Å². The fraction of sp³-hybridized carbons (Fsp3) is 0.522. The highest BCUT2D eigenvalue weighted by Gasteiger charge is 2.30. The third-order valence-electron chi connectivity index (χ3n) is 6.85. The van der Waals surface area contributed by atoms with Crippen molar-refractivity contribution >= 4 is 26.6 Å². The number of anilines is 1. The van der Waals surface area contributed by atoms with Crippen LogP contribution in [-0.4, -0.2) is 91.1 Å². The van der Waals surface area contributed by atoms with Crippen molar-refractivity contribution in [1.29, 1.82) is 0 Å². The number of aryl methyl sites for hydroxylation is 1. The lowest BCUT2D eigenvalue weighted by atomic mass is 9.85. The summed E-state index contributed by atoms with van der Waals surface area (Å²) in [6.45, 7) is 4.03. The summed E-state index contributed by atoms with van der Waals surface area (Å²) in [5, 5.41) is 5.50. The molecule has 9 nitrogen and oxygen atoms in total. The van der Waals surface area contributed by atoms with Gasteiger partial charge in [-0.15, -0.1) is 0 Å². The Morgan fingerprint density at radius 1 is 1.09 bits per heavy atom. The normalized spacial score (nSPS) is 23.4. The van der Waals surface area contributed by atoms with Crippen molar-refractivity contribution in [3.63, 3.8) is 0 Å². The molecule has 0 spiro atoms. The molecule has 0 N–H and O–H groups in total. The van der Waals surface area contributed by atoms with Crippen LogP contribution in [-0.2, 0) is 9.84 Å². The summed E-state index contributed by atoms with van der Waals surface area (Å²) in [7, 11) is 0.427. The van der Waals surface area contributed by atoms with E-state index in [1.54, 1.807) is 16.9 Å². The number of likely N-dealkylation sites (tertiary alicyclic amines) is 1. The molecule has 0 amide bonds. The first kappa shape index (κ1) is 23.0. The molecule has 5 rings (SSSR count). The molecule has 4 heterocycles. The minimum absolute atomic E-state index is 0.0863. The molecule has 11 heteroatoms. The third kappa shape index (κ3) is 4.34. The predicted octanol–water partition coefficient (Wildman–Crippen LogP) is 2.12. The minimum atomic E-state index is -3.02. The highest BCUT2D eigenvalue weighted by molar-refractivity contribution is 7.91. The summed E-state index contributed by atoms with van der Waals surface area (Å²) in [5.41, 5.74) is 2.89. The van der Waals surface area contributed by atoms with Crippen LogP contribution in [0.3, 0.4) is 0 Å². The van der Waals surface area contributed by atoms with E-state index >= 15 is 0 Å². The zero-order valence-corrected chi connectivity index (χ0v) is 20.4. The van der Waals surface area contributed by atoms with E-state index < -0.39 is 16.0 Å². The van der Waals surface area contributed by atoms with Gasteiger partial charge in [-0.3, -0.25) is 0 Å². The second kappa shape index (κ2) is 8.77. The van der Waals surface area contributed by atoms with Gasteiger partial charge in [-0.25, -0.2) is 17.5 Å². The number of hydrogen-bond acceptors (Lipinski definition) is 8. The number of ether oxygens (including phenoxy) is 1. The molecule has 2 saturated heterocycles. The Kier molecular flexibility index (Phi) is 5.93. The Labute approximate surface area is 198 Å². The van der Waals surface area contributed by atoms with Gasteiger partial charge in [-0.1, -0.05) is 0 Å². The molecule has 1 aromatic carbocycles. The molecule has 0 aliphatic carbocycles. The summed E-state index contributed by atoms with van der Waals surface area (Å²) >= 11 is 0. The average molecular weight is 489 g/mol. The Balaban J connectivity index is 1.55. The highest BCUT2D eigenvalue weighted by Crippen LogP contribution is 2.35. The number of aromatic nitrogens is 4. The topological polar surface area (TPSA) is 93.5 Å². The van der Waals surface area contributed by atoms with Crippen LogP contribution < -0.4 is 9.64 Å². The maximum absolute atomic E-state index is 15.0. The number of alkyl halides is 1. The standard InChI is InChI=1S/C23H29FN6O3S/c1-15-10-16-13-25-30(20(16)11-18(15)17-4-5-28(2)14-19(17)24)22-12-21(26-23(27-22)33-3)29-6-8-34(31,32)9-7-29/h10-13,17,19H,4-9,14H2,1-3H3/t17-,19-/m1/s1. The van der Waals surface area contributed by atoms with E-state index in [4.69, 9.17) is 4.74 Å². The van der Waals surface area contributed by atoms with Gasteiger partial charge in [0.1, 0.15) is 12.0 Å². The molecule has 0 saturated carbocycles. The lowest BCUT2D eigenvalue weighted by Gasteiger charge is -2.33. The van der Waals surface area contributed by atoms with Crippen molar-refractivity contribution < 1.29 is 17.5 Å². The van der Waals surface area contributed by atoms with E-state index in [2.05, 4.69) is 15.1 Å². The minimum Gasteiger partial charge on any atom is -0.467 e. The lowest BCUT2D eigenvalue weighted by Crippen LogP contribution is -2.40. The lowest BCUT2D eigenvalue weighted by molar-refractivity contribution is 0.139. The number of nitrogens with zero attached hydrogens (tertiary/aromatic N) is 6. The van der Waals surface area contributed by atoms with Gasteiger partial charge in [0.2, 0.25) is 0 Å². The summed E-state index contributed by atoms with van der Waals surface area (Å²) < 4.78 is 45.7. The molecular formula is C23H29FN6O3S. The summed E-state index contributed by atoms with van der Waals surface area (Å²) in [6, 6.07) is 6.05. The van der Waals surface area contributed by atoms with Gasteiger partial charge in [-0.05, 0) is 50.2 Å². The second-order valence-electron chi connectivity index (χ2n) is 9.21. The van der Waals surface area contributed by atoms with Crippen molar-refractivity contribution in [2.75, 3.05) is 56.7 Å². The van der Waals surface area contributed by atoms with Gasteiger partial charge < -0.3 is 14.5 Å². The van der Waals surface area contributed by atoms with Gasteiger partial charge in [0.15, 0.2) is 15.7 Å². The van der Waals surface area contributed by atoms with Gasteiger partial charge in [0.05, 0.1) is 30.3 Å². The molecule has 0 bridgehead atoms. The van der Waals surface area contributed by atoms with E-state index in [1.807, 2.05) is 35.9 Å². The molecule has 2 aromatic heterocycles. The Hall–Kier alpha value is -2.79. The van der Waals surface area contributed by atoms with Crippen LogP contribution in [0.5, 0.6) is 6.01 Å².